The van der Waals surface area contributed by atoms with Crippen molar-refractivity contribution in [1.29, 1.82) is 0 Å². The molecule has 1 heterocycles. The molecular weight excluding hydrogens is 581 g/mol. The molecule has 1 aliphatic rings. The van der Waals surface area contributed by atoms with Gasteiger partial charge in [-0.05, 0) is 79.3 Å². The van der Waals surface area contributed by atoms with E-state index in [1.165, 1.54) is 30.7 Å². The second kappa shape index (κ2) is 14.5. The Bertz CT molecular complexity index is 1520. The summed E-state index contributed by atoms with van der Waals surface area (Å²) in [5.41, 5.74) is 3.92. The van der Waals surface area contributed by atoms with Gasteiger partial charge in [-0.15, -0.1) is 18.3 Å². The lowest BCUT2D eigenvalue weighted by atomic mass is 9.81. The molecule has 1 saturated carbocycles. The van der Waals surface area contributed by atoms with Crippen LogP contribution in [0.15, 0.2) is 85.1 Å². The smallest absolute Gasteiger partial charge is 0.471 e. The van der Waals surface area contributed by atoms with Crippen molar-refractivity contribution in [2.75, 3.05) is 18.9 Å². The van der Waals surface area contributed by atoms with Crippen molar-refractivity contribution in [3.8, 4) is 17.3 Å². The molecule has 1 aromatic heterocycles. The summed E-state index contributed by atoms with van der Waals surface area (Å²) in [6.45, 7) is 3.04. The molecule has 4 aromatic rings. The van der Waals surface area contributed by atoms with Crippen LogP contribution in [-0.2, 0) is 6.61 Å². The monoisotopic (exact) mass is 620 g/mol. The van der Waals surface area contributed by atoms with Crippen LogP contribution in [0.4, 0.5) is 18.9 Å². The molecule has 0 aliphatic heterocycles. The number of hydrogen-bond donors (Lipinski definition) is 1. The minimum Gasteiger partial charge on any atom is -0.471 e. The van der Waals surface area contributed by atoms with E-state index in [4.69, 9.17) is 9.84 Å². The molecule has 1 atom stereocenters. The van der Waals surface area contributed by atoms with Crippen LogP contribution in [0.2, 0.25) is 0 Å². The predicted octanol–water partition coefficient (Wildman–Crippen LogP) is 8.57. The van der Waals surface area contributed by atoms with Gasteiger partial charge in [-0.25, -0.2) is 4.68 Å². The van der Waals surface area contributed by atoms with Crippen LogP contribution in [0.3, 0.4) is 0 Å². The number of nitrogens with one attached hydrogen (secondary N) is 1. The van der Waals surface area contributed by atoms with Gasteiger partial charge in [-0.2, -0.15) is 0 Å². The highest BCUT2D eigenvalue weighted by atomic mass is 19.4. The molecule has 1 aliphatic carbocycles. The van der Waals surface area contributed by atoms with Gasteiger partial charge in [0.2, 0.25) is 5.88 Å². The molecule has 10 heteroatoms. The van der Waals surface area contributed by atoms with Gasteiger partial charge in [0.25, 0.3) is 5.91 Å². The number of aromatic nitrogens is 2. The van der Waals surface area contributed by atoms with Crippen molar-refractivity contribution in [3.05, 3.63) is 102 Å². The van der Waals surface area contributed by atoms with E-state index >= 15 is 0 Å². The first-order chi connectivity index (χ1) is 21.7. The van der Waals surface area contributed by atoms with Gasteiger partial charge >= 0.3 is 6.36 Å². The fourth-order valence-electron chi connectivity index (χ4n) is 5.82. The molecule has 7 nitrogen and oxygen atoms in total. The lowest BCUT2D eigenvalue weighted by Gasteiger charge is -2.31. The minimum absolute atomic E-state index is 0.0169. The Morgan fingerprint density at radius 1 is 1.00 bits per heavy atom. The quantitative estimate of drug-likeness (QED) is 0.172. The van der Waals surface area contributed by atoms with E-state index in [0.29, 0.717) is 36.2 Å². The number of amides is 1. The van der Waals surface area contributed by atoms with Crippen LogP contribution in [-0.4, -0.2) is 40.5 Å². The zero-order valence-corrected chi connectivity index (χ0v) is 25.6. The Kier molecular flexibility index (Phi) is 10.3. The molecule has 45 heavy (non-hydrogen) atoms. The summed E-state index contributed by atoms with van der Waals surface area (Å²) in [5, 5.41) is 8.49. The average molecular weight is 621 g/mol. The number of carbonyl (C=O) groups excluding carboxylic acids is 1. The molecule has 5 rings (SSSR count). The third-order valence-electron chi connectivity index (χ3n) is 8.08. The normalized spacial score (nSPS) is 14.5. The van der Waals surface area contributed by atoms with Gasteiger partial charge in [0, 0.05) is 31.0 Å². The second-order valence-electron chi connectivity index (χ2n) is 11.5. The van der Waals surface area contributed by atoms with Crippen molar-refractivity contribution in [1.82, 2.24) is 14.7 Å². The van der Waals surface area contributed by atoms with E-state index in [1.807, 2.05) is 74.8 Å². The molecule has 238 valence electrons. The number of hydrogen-bond acceptors (Lipinski definition) is 5. The maximum Gasteiger partial charge on any atom is 0.573 e. The Morgan fingerprint density at radius 3 is 2.33 bits per heavy atom. The Labute approximate surface area is 262 Å². The van der Waals surface area contributed by atoms with Crippen LogP contribution in [0.5, 0.6) is 11.6 Å². The van der Waals surface area contributed by atoms with Crippen molar-refractivity contribution >= 4 is 11.6 Å². The first-order valence-electron chi connectivity index (χ1n) is 15.4. The van der Waals surface area contributed by atoms with E-state index in [9.17, 15) is 18.0 Å². The number of carbonyl (C=O) groups is 1. The van der Waals surface area contributed by atoms with Crippen molar-refractivity contribution in [2.45, 2.75) is 64.5 Å². The lowest BCUT2D eigenvalue weighted by Crippen LogP contribution is -2.27. The Balaban J connectivity index is 1.47. The zero-order chi connectivity index (χ0) is 31.8. The molecule has 1 amide bonds. The highest BCUT2D eigenvalue weighted by Crippen LogP contribution is 2.40. The van der Waals surface area contributed by atoms with Crippen molar-refractivity contribution in [3.63, 3.8) is 0 Å². The SMILES string of the molecule is CCCN(C)C(=O)c1ccc(NC(c2cn(-c3ccc(OC(F)(F)F)cc3)nc2OCc2ccccc2)C2CCCCC2)cc1. The molecule has 0 radical (unpaired) electrons. The van der Waals surface area contributed by atoms with E-state index in [-0.39, 0.29) is 17.7 Å². The summed E-state index contributed by atoms with van der Waals surface area (Å²) in [4.78, 5) is 14.5. The van der Waals surface area contributed by atoms with E-state index in [0.717, 1.165) is 48.9 Å². The third kappa shape index (κ3) is 8.59. The lowest BCUT2D eigenvalue weighted by molar-refractivity contribution is -0.274. The summed E-state index contributed by atoms with van der Waals surface area (Å²) in [6.07, 6.45) is 3.50. The number of nitrogens with zero attached hydrogens (tertiary/aromatic N) is 3. The molecule has 0 bridgehead atoms. The molecule has 1 fully saturated rings. The van der Waals surface area contributed by atoms with Crippen LogP contribution < -0.4 is 14.8 Å². The van der Waals surface area contributed by atoms with Gasteiger partial charge in [0.15, 0.2) is 0 Å². The van der Waals surface area contributed by atoms with E-state index in [1.54, 1.807) is 9.58 Å². The molecule has 1 N–H and O–H groups in total. The van der Waals surface area contributed by atoms with Gasteiger partial charge in [0.1, 0.15) is 12.4 Å². The van der Waals surface area contributed by atoms with Gasteiger partial charge < -0.3 is 19.7 Å². The molecule has 3 aromatic carbocycles. The highest BCUT2D eigenvalue weighted by molar-refractivity contribution is 5.94. The number of ether oxygens (including phenoxy) is 2. The zero-order valence-electron chi connectivity index (χ0n) is 25.6. The molecular formula is C35H39F3N4O3. The van der Waals surface area contributed by atoms with Crippen LogP contribution in [0.25, 0.3) is 5.69 Å². The number of anilines is 1. The minimum atomic E-state index is -4.77. The van der Waals surface area contributed by atoms with E-state index < -0.39 is 6.36 Å². The Morgan fingerprint density at radius 2 is 1.69 bits per heavy atom. The molecule has 0 spiro atoms. The largest absolute Gasteiger partial charge is 0.573 e. The van der Waals surface area contributed by atoms with Gasteiger partial charge in [-0.1, -0.05) is 56.5 Å². The van der Waals surface area contributed by atoms with Crippen LogP contribution >= 0.6 is 0 Å². The second-order valence-corrected chi connectivity index (χ2v) is 11.5. The average Bonchev–Trinajstić information content (AvgIpc) is 3.47. The first-order valence-corrected chi connectivity index (χ1v) is 15.4. The topological polar surface area (TPSA) is 68.6 Å². The van der Waals surface area contributed by atoms with Gasteiger partial charge in [0.05, 0.1) is 17.3 Å². The standard InChI is InChI=1S/C35H39F3N4O3/c1-3-22-41(2)34(43)27-14-16-28(17-15-27)39-32(26-12-8-5-9-13-26)31-23-42(29-18-20-30(21-19-29)45-35(36,37)38)40-33(31)44-24-25-10-6-4-7-11-25/h4,6-7,10-11,14-21,23,26,32,39H,3,5,8-9,12-13,22,24H2,1-2H3. The third-order valence-corrected chi connectivity index (χ3v) is 8.08. The number of halogens is 3. The highest BCUT2D eigenvalue weighted by Gasteiger charge is 2.32. The Hall–Kier alpha value is -4.47. The summed E-state index contributed by atoms with van der Waals surface area (Å²) in [7, 11) is 1.81. The summed E-state index contributed by atoms with van der Waals surface area (Å²) >= 11 is 0. The van der Waals surface area contributed by atoms with E-state index in [2.05, 4.69) is 10.1 Å². The van der Waals surface area contributed by atoms with Crippen molar-refractivity contribution in [2.24, 2.45) is 5.92 Å². The van der Waals surface area contributed by atoms with Crippen molar-refractivity contribution < 1.29 is 27.4 Å². The number of rotatable bonds is 12. The number of alkyl halides is 3. The fourth-order valence-corrected chi connectivity index (χ4v) is 5.82. The summed E-state index contributed by atoms with van der Waals surface area (Å²) < 4.78 is 50.2. The molecule has 0 saturated heterocycles. The maximum absolute atomic E-state index is 12.8. The van der Waals surface area contributed by atoms with Gasteiger partial charge in [-0.3, -0.25) is 4.79 Å². The maximum atomic E-state index is 12.8. The summed E-state index contributed by atoms with van der Waals surface area (Å²) in [5.74, 6) is 0.432. The fraction of sp³-hybridized carbons (Fsp3) is 0.371. The molecule has 1 unspecified atom stereocenters. The predicted molar refractivity (Wildman–Crippen MR) is 168 cm³/mol. The van der Waals surface area contributed by atoms with Crippen LogP contribution in [0, 0.1) is 5.92 Å². The first kappa shape index (κ1) is 31.9. The van der Waals surface area contributed by atoms with Crippen LogP contribution in [0.1, 0.15) is 73.0 Å². The summed E-state index contributed by atoms with van der Waals surface area (Å²) in [6, 6.07) is 22.8. The number of benzene rings is 3.